The van der Waals surface area contributed by atoms with Gasteiger partial charge in [0.2, 0.25) is 0 Å². The Morgan fingerprint density at radius 2 is 1.96 bits per heavy atom. The quantitative estimate of drug-likeness (QED) is 0.668. The fourth-order valence-corrected chi connectivity index (χ4v) is 3.05. The largest absolute Gasteiger partial charge is 0.371 e. The number of nitro groups is 1. The van der Waals surface area contributed by atoms with E-state index in [1.807, 2.05) is 12.1 Å². The maximum atomic E-state index is 12.2. The minimum Gasteiger partial charge on any atom is -0.371 e. The van der Waals surface area contributed by atoms with Gasteiger partial charge in [0, 0.05) is 55.4 Å². The summed E-state index contributed by atoms with van der Waals surface area (Å²) in [5, 5.41) is 13.7. The molecule has 130 valence electrons. The number of aromatic nitrogens is 1. The predicted molar refractivity (Wildman–Crippen MR) is 94.6 cm³/mol. The van der Waals surface area contributed by atoms with E-state index in [-0.39, 0.29) is 11.6 Å². The monoisotopic (exact) mass is 340 g/mol. The van der Waals surface area contributed by atoms with Crippen molar-refractivity contribution in [1.82, 2.24) is 10.3 Å². The molecule has 1 aliphatic heterocycles. The molecule has 1 saturated heterocycles. The normalized spacial score (nSPS) is 15.0. The number of nitro benzene ring substituents is 1. The summed E-state index contributed by atoms with van der Waals surface area (Å²) < 4.78 is 0. The molecule has 0 atom stereocenters. The van der Waals surface area contributed by atoms with Crippen LogP contribution in [0.4, 0.5) is 11.4 Å². The molecule has 1 aliphatic rings. The van der Waals surface area contributed by atoms with E-state index in [1.165, 1.54) is 23.9 Å². The van der Waals surface area contributed by atoms with Crippen LogP contribution < -0.4 is 10.2 Å². The number of benzene rings is 1. The SMILES string of the molecule is O=C(NCC1CCN(c2ccncc2)CC1)c1cccc([N+](=O)[O-])c1. The lowest BCUT2D eigenvalue weighted by Gasteiger charge is -2.33. The van der Waals surface area contributed by atoms with Gasteiger partial charge in [-0.15, -0.1) is 0 Å². The zero-order valence-corrected chi connectivity index (χ0v) is 13.8. The van der Waals surface area contributed by atoms with Gasteiger partial charge in [-0.3, -0.25) is 19.9 Å². The van der Waals surface area contributed by atoms with Crippen LogP contribution in [-0.4, -0.2) is 35.4 Å². The molecular weight excluding hydrogens is 320 g/mol. The maximum absolute atomic E-state index is 12.2. The van der Waals surface area contributed by atoms with Crippen molar-refractivity contribution in [3.8, 4) is 0 Å². The minimum atomic E-state index is -0.494. The smallest absolute Gasteiger partial charge is 0.270 e. The van der Waals surface area contributed by atoms with E-state index < -0.39 is 4.92 Å². The number of non-ortho nitro benzene ring substituents is 1. The average molecular weight is 340 g/mol. The third-order valence-electron chi connectivity index (χ3n) is 4.51. The van der Waals surface area contributed by atoms with Crippen LogP contribution in [0.15, 0.2) is 48.8 Å². The van der Waals surface area contributed by atoms with E-state index in [9.17, 15) is 14.9 Å². The number of hydrogen-bond donors (Lipinski definition) is 1. The van der Waals surface area contributed by atoms with Gasteiger partial charge in [0.25, 0.3) is 11.6 Å². The molecule has 0 aliphatic carbocycles. The van der Waals surface area contributed by atoms with Gasteiger partial charge in [-0.2, -0.15) is 0 Å². The number of nitrogens with one attached hydrogen (secondary N) is 1. The zero-order chi connectivity index (χ0) is 17.6. The van der Waals surface area contributed by atoms with Crippen LogP contribution in [0, 0.1) is 16.0 Å². The molecule has 1 N–H and O–H groups in total. The third kappa shape index (κ3) is 4.32. The Morgan fingerprint density at radius 1 is 1.24 bits per heavy atom. The molecular formula is C18H20N4O3. The first kappa shape index (κ1) is 16.9. The van der Waals surface area contributed by atoms with Crippen LogP contribution in [0.2, 0.25) is 0 Å². The van der Waals surface area contributed by atoms with E-state index in [0.29, 0.717) is 18.0 Å². The second-order valence-electron chi connectivity index (χ2n) is 6.15. The highest BCUT2D eigenvalue weighted by molar-refractivity contribution is 5.94. The van der Waals surface area contributed by atoms with Gasteiger partial charge in [0.15, 0.2) is 0 Å². The third-order valence-corrected chi connectivity index (χ3v) is 4.51. The molecule has 0 spiro atoms. The first-order valence-corrected chi connectivity index (χ1v) is 8.31. The van der Waals surface area contributed by atoms with Gasteiger partial charge in [0.1, 0.15) is 0 Å². The minimum absolute atomic E-state index is 0.0710. The summed E-state index contributed by atoms with van der Waals surface area (Å²) >= 11 is 0. The Bertz CT molecular complexity index is 743. The number of hydrogen-bond acceptors (Lipinski definition) is 5. The molecule has 1 aromatic heterocycles. The van der Waals surface area contributed by atoms with Crippen LogP contribution in [0.25, 0.3) is 0 Å². The molecule has 0 saturated carbocycles. The van der Waals surface area contributed by atoms with Crippen LogP contribution in [-0.2, 0) is 0 Å². The Labute approximate surface area is 145 Å². The standard InChI is InChI=1S/C18H20N4O3/c23-18(15-2-1-3-17(12-15)22(24)25)20-13-14-6-10-21(11-7-14)16-4-8-19-9-5-16/h1-5,8-9,12,14H,6-7,10-11,13H2,(H,20,23). The van der Waals surface area contributed by atoms with Crippen molar-refractivity contribution in [3.63, 3.8) is 0 Å². The lowest BCUT2D eigenvalue weighted by molar-refractivity contribution is -0.384. The van der Waals surface area contributed by atoms with Crippen molar-refractivity contribution in [3.05, 3.63) is 64.5 Å². The summed E-state index contributed by atoms with van der Waals surface area (Å²) in [7, 11) is 0. The summed E-state index contributed by atoms with van der Waals surface area (Å²) in [6.07, 6.45) is 5.58. The Hall–Kier alpha value is -2.96. The molecule has 3 rings (SSSR count). The van der Waals surface area contributed by atoms with Crippen LogP contribution in [0.5, 0.6) is 0 Å². The molecule has 0 radical (unpaired) electrons. The van der Waals surface area contributed by atoms with E-state index >= 15 is 0 Å². The second-order valence-corrected chi connectivity index (χ2v) is 6.15. The number of piperidine rings is 1. The molecule has 2 aromatic rings. The molecule has 0 unspecified atom stereocenters. The summed E-state index contributed by atoms with van der Waals surface area (Å²) in [4.78, 5) is 28.8. The van der Waals surface area contributed by atoms with Crippen molar-refractivity contribution in [2.45, 2.75) is 12.8 Å². The van der Waals surface area contributed by atoms with Crippen molar-refractivity contribution in [1.29, 1.82) is 0 Å². The summed E-state index contributed by atoms with van der Waals surface area (Å²) in [6, 6.07) is 9.82. The van der Waals surface area contributed by atoms with Gasteiger partial charge in [-0.25, -0.2) is 0 Å². The number of rotatable bonds is 5. The fraction of sp³-hybridized carbons (Fsp3) is 0.333. The fourth-order valence-electron chi connectivity index (χ4n) is 3.05. The molecule has 7 heteroatoms. The second kappa shape index (κ2) is 7.74. The predicted octanol–water partition coefficient (Wildman–Crippen LogP) is 2.64. The summed E-state index contributed by atoms with van der Waals surface area (Å²) in [5.41, 5.74) is 1.43. The summed E-state index contributed by atoms with van der Waals surface area (Å²) in [6.45, 7) is 2.48. The Balaban J connectivity index is 1.49. The molecule has 1 fully saturated rings. The topological polar surface area (TPSA) is 88.4 Å². The number of carbonyl (C=O) groups excluding carboxylic acids is 1. The Kier molecular flexibility index (Phi) is 5.23. The highest BCUT2D eigenvalue weighted by atomic mass is 16.6. The molecule has 25 heavy (non-hydrogen) atoms. The van der Waals surface area contributed by atoms with E-state index in [4.69, 9.17) is 0 Å². The maximum Gasteiger partial charge on any atom is 0.270 e. The van der Waals surface area contributed by atoms with Gasteiger partial charge in [0.05, 0.1) is 4.92 Å². The molecule has 2 heterocycles. The number of amides is 1. The number of carbonyl (C=O) groups is 1. The average Bonchev–Trinajstić information content (AvgIpc) is 2.67. The van der Waals surface area contributed by atoms with Gasteiger partial charge < -0.3 is 10.2 Å². The van der Waals surface area contributed by atoms with E-state index in [1.54, 1.807) is 18.5 Å². The van der Waals surface area contributed by atoms with Gasteiger partial charge >= 0.3 is 0 Å². The Morgan fingerprint density at radius 3 is 2.64 bits per heavy atom. The highest BCUT2D eigenvalue weighted by Crippen LogP contribution is 2.22. The lowest BCUT2D eigenvalue weighted by Crippen LogP contribution is -2.38. The van der Waals surface area contributed by atoms with Crippen LogP contribution >= 0.6 is 0 Å². The molecule has 0 bridgehead atoms. The number of pyridine rings is 1. The van der Waals surface area contributed by atoms with Crippen molar-refractivity contribution >= 4 is 17.3 Å². The van der Waals surface area contributed by atoms with Crippen molar-refractivity contribution < 1.29 is 9.72 Å². The highest BCUT2D eigenvalue weighted by Gasteiger charge is 2.20. The van der Waals surface area contributed by atoms with Crippen molar-refractivity contribution in [2.24, 2.45) is 5.92 Å². The number of anilines is 1. The lowest BCUT2D eigenvalue weighted by atomic mass is 9.96. The van der Waals surface area contributed by atoms with E-state index in [0.717, 1.165) is 25.9 Å². The van der Waals surface area contributed by atoms with Crippen LogP contribution in [0.3, 0.4) is 0 Å². The first-order chi connectivity index (χ1) is 12.1. The first-order valence-electron chi connectivity index (χ1n) is 8.31. The zero-order valence-electron chi connectivity index (χ0n) is 13.8. The number of nitrogens with zero attached hydrogens (tertiary/aromatic N) is 3. The van der Waals surface area contributed by atoms with Crippen LogP contribution in [0.1, 0.15) is 23.2 Å². The molecule has 1 amide bonds. The van der Waals surface area contributed by atoms with Crippen molar-refractivity contribution in [2.75, 3.05) is 24.5 Å². The molecule has 7 nitrogen and oxygen atoms in total. The van der Waals surface area contributed by atoms with Gasteiger partial charge in [-0.1, -0.05) is 6.07 Å². The summed E-state index contributed by atoms with van der Waals surface area (Å²) in [5.74, 6) is 0.154. The van der Waals surface area contributed by atoms with Gasteiger partial charge in [-0.05, 0) is 37.0 Å². The molecule has 1 aromatic carbocycles. The van der Waals surface area contributed by atoms with E-state index in [2.05, 4.69) is 15.2 Å².